The van der Waals surface area contributed by atoms with E-state index in [0.29, 0.717) is 30.2 Å². The van der Waals surface area contributed by atoms with Crippen molar-refractivity contribution in [2.75, 3.05) is 13.1 Å². The SMILES string of the molecule is CC(=O)O[C@H]1CC[C@]2(C)[C@H]3CC[C@]4(C)[C@@H]([C@H](C)CCCC(C)C)CC[C@H]4[C@@H]3C[C@@H](NCCCN)[C@@]2(O)C1. The van der Waals surface area contributed by atoms with Gasteiger partial charge in [-0.25, -0.2) is 0 Å². The highest BCUT2D eigenvalue weighted by Crippen LogP contribution is 2.69. The summed E-state index contributed by atoms with van der Waals surface area (Å²) in [5, 5.41) is 16.3. The van der Waals surface area contributed by atoms with Gasteiger partial charge in [0.1, 0.15) is 6.10 Å². The summed E-state index contributed by atoms with van der Waals surface area (Å²) in [5.74, 6) is 4.19. The quantitative estimate of drug-likeness (QED) is 0.241. The van der Waals surface area contributed by atoms with Gasteiger partial charge >= 0.3 is 5.97 Å². The largest absolute Gasteiger partial charge is 0.462 e. The lowest BCUT2D eigenvalue weighted by Gasteiger charge is -2.66. The van der Waals surface area contributed by atoms with Crippen LogP contribution in [0.4, 0.5) is 0 Å². The lowest BCUT2D eigenvalue weighted by molar-refractivity contribution is -0.237. The van der Waals surface area contributed by atoms with E-state index in [1.165, 1.54) is 51.9 Å². The Morgan fingerprint density at radius 2 is 1.81 bits per heavy atom. The zero-order valence-electron chi connectivity index (χ0n) is 24.9. The standard InChI is InChI=1S/C32H58N2O3/c1-21(2)9-7-10-22(3)26-11-12-27-25-19-29(34-18-8-17-33)32(36)20-24(37-23(4)35)13-16-31(32,6)28(25)14-15-30(26,27)5/h21-22,24-29,34,36H,7-20,33H2,1-6H3/t22-,24+,25+,26-,27+,28+,29-,30-,31-,32+/m1/s1. The summed E-state index contributed by atoms with van der Waals surface area (Å²) in [6.45, 7) is 15.3. The number of nitrogens with two attached hydrogens (primary N) is 1. The van der Waals surface area contributed by atoms with Crippen LogP contribution in [0.25, 0.3) is 0 Å². The lowest BCUT2D eigenvalue weighted by atomic mass is 9.42. The van der Waals surface area contributed by atoms with Crippen molar-refractivity contribution in [3.8, 4) is 0 Å². The van der Waals surface area contributed by atoms with Crippen LogP contribution in [0.1, 0.15) is 119 Å². The van der Waals surface area contributed by atoms with E-state index in [2.05, 4.69) is 39.9 Å². The summed E-state index contributed by atoms with van der Waals surface area (Å²) < 4.78 is 5.69. The third-order valence-corrected chi connectivity index (χ3v) is 12.2. The Morgan fingerprint density at radius 1 is 1.05 bits per heavy atom. The van der Waals surface area contributed by atoms with Crippen LogP contribution in [0, 0.1) is 46.3 Å². The average molecular weight is 519 g/mol. The van der Waals surface area contributed by atoms with E-state index in [1.807, 2.05) is 0 Å². The summed E-state index contributed by atoms with van der Waals surface area (Å²) in [6, 6.07) is 0.0357. The van der Waals surface area contributed by atoms with E-state index in [-0.39, 0.29) is 23.5 Å². The Balaban J connectivity index is 1.57. The number of ether oxygens (including phenoxy) is 1. The Kier molecular flexibility index (Phi) is 9.08. The number of fused-ring (bicyclic) bond motifs is 5. The highest BCUT2D eigenvalue weighted by atomic mass is 16.5. The maximum atomic E-state index is 12.5. The molecule has 4 aliphatic carbocycles. The van der Waals surface area contributed by atoms with Crippen molar-refractivity contribution >= 4 is 5.97 Å². The van der Waals surface area contributed by atoms with Gasteiger partial charge in [0, 0.05) is 24.8 Å². The minimum atomic E-state index is -0.850. The van der Waals surface area contributed by atoms with Gasteiger partial charge in [0.2, 0.25) is 0 Å². The van der Waals surface area contributed by atoms with Crippen LogP contribution in [-0.4, -0.2) is 41.9 Å². The molecule has 4 rings (SSSR count). The predicted molar refractivity (Wildman–Crippen MR) is 151 cm³/mol. The van der Waals surface area contributed by atoms with E-state index in [9.17, 15) is 9.90 Å². The number of hydrogen-bond acceptors (Lipinski definition) is 5. The molecule has 0 aromatic rings. The zero-order valence-corrected chi connectivity index (χ0v) is 24.9. The smallest absolute Gasteiger partial charge is 0.302 e. The first-order chi connectivity index (χ1) is 17.5. The van der Waals surface area contributed by atoms with Crippen LogP contribution in [0.5, 0.6) is 0 Å². The van der Waals surface area contributed by atoms with Gasteiger partial charge in [-0.05, 0) is 105 Å². The number of esters is 1. The zero-order chi connectivity index (χ0) is 27.0. The number of carbonyl (C=O) groups excluding carboxylic acids is 1. The van der Waals surface area contributed by atoms with Crippen molar-refractivity contribution in [3.05, 3.63) is 0 Å². The molecule has 10 atom stereocenters. The molecular weight excluding hydrogens is 460 g/mol. The van der Waals surface area contributed by atoms with Gasteiger partial charge in [0.25, 0.3) is 0 Å². The molecule has 4 aliphatic rings. The first-order valence-corrected chi connectivity index (χ1v) is 15.8. The lowest BCUT2D eigenvalue weighted by Crippen LogP contribution is -2.71. The fraction of sp³-hybridized carbons (Fsp3) is 0.969. The normalized spacial score (nSPS) is 44.1. The Labute approximate surface area is 227 Å². The molecule has 4 saturated carbocycles. The molecule has 0 saturated heterocycles. The molecule has 4 N–H and O–H groups in total. The molecule has 0 unspecified atom stereocenters. The summed E-state index contributed by atoms with van der Waals surface area (Å²) in [7, 11) is 0. The van der Waals surface area contributed by atoms with E-state index in [0.717, 1.165) is 55.9 Å². The van der Waals surface area contributed by atoms with E-state index in [4.69, 9.17) is 10.5 Å². The van der Waals surface area contributed by atoms with Gasteiger partial charge in [-0.3, -0.25) is 4.79 Å². The second-order valence-corrected chi connectivity index (χ2v) is 14.6. The van der Waals surface area contributed by atoms with E-state index in [1.54, 1.807) is 0 Å². The van der Waals surface area contributed by atoms with Crippen LogP contribution in [0.3, 0.4) is 0 Å². The van der Waals surface area contributed by atoms with Gasteiger partial charge in [-0.15, -0.1) is 0 Å². The van der Waals surface area contributed by atoms with E-state index >= 15 is 0 Å². The highest BCUT2D eigenvalue weighted by Gasteiger charge is 2.67. The van der Waals surface area contributed by atoms with Crippen LogP contribution in [0.2, 0.25) is 0 Å². The molecule has 4 fully saturated rings. The molecule has 5 nitrogen and oxygen atoms in total. The molecule has 0 aromatic carbocycles. The molecule has 37 heavy (non-hydrogen) atoms. The van der Waals surface area contributed by atoms with Crippen molar-refractivity contribution < 1.29 is 14.6 Å². The monoisotopic (exact) mass is 518 g/mol. The summed E-state index contributed by atoms with van der Waals surface area (Å²) in [5.41, 5.74) is 5.28. The summed E-state index contributed by atoms with van der Waals surface area (Å²) in [4.78, 5) is 11.8. The summed E-state index contributed by atoms with van der Waals surface area (Å²) in [6.07, 6.45) is 13.5. The third-order valence-electron chi connectivity index (χ3n) is 12.2. The minimum Gasteiger partial charge on any atom is -0.462 e. The number of hydrogen-bond donors (Lipinski definition) is 3. The first-order valence-electron chi connectivity index (χ1n) is 15.8. The van der Waals surface area contributed by atoms with Crippen molar-refractivity contribution in [1.82, 2.24) is 5.32 Å². The molecule has 0 aliphatic heterocycles. The number of rotatable bonds is 10. The Bertz CT molecular complexity index is 788. The predicted octanol–water partition coefficient (Wildman–Crippen LogP) is 6.07. The molecule has 5 heteroatoms. The van der Waals surface area contributed by atoms with Gasteiger partial charge in [-0.1, -0.05) is 53.9 Å². The van der Waals surface area contributed by atoms with Crippen LogP contribution in [-0.2, 0) is 9.53 Å². The van der Waals surface area contributed by atoms with Gasteiger partial charge in [0.15, 0.2) is 0 Å². The van der Waals surface area contributed by atoms with Crippen molar-refractivity contribution in [2.24, 2.45) is 52.1 Å². The Hall–Kier alpha value is -0.650. The number of nitrogens with one attached hydrogen (secondary N) is 1. The van der Waals surface area contributed by atoms with Crippen molar-refractivity contribution in [2.45, 2.75) is 136 Å². The van der Waals surface area contributed by atoms with Gasteiger partial charge in [-0.2, -0.15) is 0 Å². The van der Waals surface area contributed by atoms with Gasteiger partial charge < -0.3 is 20.9 Å². The maximum Gasteiger partial charge on any atom is 0.302 e. The molecule has 0 aromatic heterocycles. The maximum absolute atomic E-state index is 12.5. The molecule has 0 bridgehead atoms. The molecule has 0 amide bonds. The molecular formula is C32H58N2O3. The molecule has 0 radical (unpaired) electrons. The van der Waals surface area contributed by atoms with E-state index < -0.39 is 5.60 Å². The van der Waals surface area contributed by atoms with Crippen LogP contribution >= 0.6 is 0 Å². The second-order valence-electron chi connectivity index (χ2n) is 14.6. The van der Waals surface area contributed by atoms with Crippen LogP contribution < -0.4 is 11.1 Å². The molecule has 0 spiro atoms. The van der Waals surface area contributed by atoms with Crippen molar-refractivity contribution in [1.29, 1.82) is 0 Å². The topological polar surface area (TPSA) is 84.6 Å². The summed E-state index contributed by atoms with van der Waals surface area (Å²) >= 11 is 0. The van der Waals surface area contributed by atoms with Gasteiger partial charge in [0.05, 0.1) is 5.60 Å². The first kappa shape index (κ1) is 29.3. The fourth-order valence-corrected chi connectivity index (χ4v) is 10.3. The molecule has 0 heterocycles. The average Bonchev–Trinajstić information content (AvgIpc) is 3.17. The third kappa shape index (κ3) is 5.40. The highest BCUT2D eigenvalue weighted by molar-refractivity contribution is 5.66. The fourth-order valence-electron chi connectivity index (χ4n) is 10.3. The molecule has 214 valence electrons. The Morgan fingerprint density at radius 3 is 2.49 bits per heavy atom. The van der Waals surface area contributed by atoms with Crippen LogP contribution in [0.15, 0.2) is 0 Å². The second kappa shape index (κ2) is 11.5. The number of carbonyl (C=O) groups is 1. The number of aliphatic hydroxyl groups is 1. The van der Waals surface area contributed by atoms with Crippen molar-refractivity contribution in [3.63, 3.8) is 0 Å². The minimum absolute atomic E-state index is 0.0357.